The van der Waals surface area contributed by atoms with E-state index in [-0.39, 0.29) is 29.4 Å². The van der Waals surface area contributed by atoms with Crippen molar-refractivity contribution in [3.63, 3.8) is 0 Å². The number of para-hydroxylation sites is 1. The molecule has 0 saturated carbocycles. The molecule has 0 saturated heterocycles. The summed E-state index contributed by atoms with van der Waals surface area (Å²) in [6, 6.07) is 9.82. The Bertz CT molecular complexity index is 993. The minimum Gasteiger partial charge on any atom is -0.433 e. The lowest BCUT2D eigenvalue weighted by atomic mass is 9.99. The summed E-state index contributed by atoms with van der Waals surface area (Å²) < 4.78 is 24.7. The van der Waals surface area contributed by atoms with Gasteiger partial charge < -0.3 is 20.1 Å². The van der Waals surface area contributed by atoms with Gasteiger partial charge in [0.2, 0.25) is 0 Å². The highest BCUT2D eigenvalue weighted by Crippen LogP contribution is 2.32. The number of anilines is 2. The molecule has 0 aliphatic carbocycles. The fourth-order valence-corrected chi connectivity index (χ4v) is 2.70. The molecule has 0 unspecified atom stereocenters. The largest absolute Gasteiger partial charge is 0.513 e. The van der Waals surface area contributed by atoms with E-state index in [2.05, 4.69) is 10.6 Å². The Balaban J connectivity index is 1.78. The third-order valence-corrected chi connectivity index (χ3v) is 4.16. The number of ether oxygens (including phenoxy) is 2. The molecule has 0 radical (unpaired) electrons. The summed E-state index contributed by atoms with van der Waals surface area (Å²) in [5.74, 6) is -0.655. The third kappa shape index (κ3) is 4.93. The van der Waals surface area contributed by atoms with Gasteiger partial charge in [0.1, 0.15) is 11.6 Å². The van der Waals surface area contributed by atoms with E-state index in [0.717, 1.165) is 5.56 Å². The molecular weight excluding hydrogens is 375 g/mol. The topological polar surface area (TPSA) is 76.7 Å². The minimum absolute atomic E-state index is 0.0684. The van der Waals surface area contributed by atoms with Crippen molar-refractivity contribution in [3.8, 4) is 5.75 Å². The molecule has 0 aromatic heterocycles. The first-order chi connectivity index (χ1) is 13.6. The van der Waals surface area contributed by atoms with Crippen LogP contribution in [0.15, 0.2) is 42.6 Å². The van der Waals surface area contributed by atoms with Crippen molar-refractivity contribution in [2.45, 2.75) is 27.7 Å². The number of hydrogen-bond donors (Lipinski definition) is 2. The van der Waals surface area contributed by atoms with Crippen LogP contribution in [0.4, 0.5) is 20.6 Å². The zero-order chi connectivity index (χ0) is 21.2. The molecule has 6 nitrogen and oxygen atoms in total. The van der Waals surface area contributed by atoms with E-state index in [1.165, 1.54) is 18.3 Å². The number of halogens is 1. The Morgan fingerprint density at radius 1 is 1.24 bits per heavy atom. The fraction of sp³-hybridized carbons (Fsp3) is 0.273. The van der Waals surface area contributed by atoms with Gasteiger partial charge in [-0.2, -0.15) is 0 Å². The lowest BCUT2D eigenvalue weighted by molar-refractivity contribution is -0.110. The Morgan fingerprint density at radius 3 is 2.69 bits per heavy atom. The predicted octanol–water partition coefficient (Wildman–Crippen LogP) is 5.10. The summed E-state index contributed by atoms with van der Waals surface area (Å²) in [6.07, 6.45) is 0.569. The highest BCUT2D eigenvalue weighted by Gasteiger charge is 2.23. The van der Waals surface area contributed by atoms with Crippen molar-refractivity contribution in [2.24, 2.45) is 5.41 Å². The first kappa shape index (κ1) is 20.4. The number of carbonyl (C=O) groups is 2. The van der Waals surface area contributed by atoms with Crippen LogP contribution < -0.4 is 15.4 Å². The van der Waals surface area contributed by atoms with Crippen LogP contribution in [-0.4, -0.2) is 18.7 Å². The number of fused-ring (bicyclic) bond motifs is 1. The van der Waals surface area contributed by atoms with Crippen LogP contribution >= 0.6 is 0 Å². The van der Waals surface area contributed by atoms with Gasteiger partial charge in [-0.25, -0.2) is 9.18 Å². The molecule has 0 fully saturated rings. The Hall–Kier alpha value is -3.35. The average molecular weight is 398 g/mol. The summed E-state index contributed by atoms with van der Waals surface area (Å²) in [4.78, 5) is 24.1. The van der Waals surface area contributed by atoms with Gasteiger partial charge in [0.05, 0.1) is 17.9 Å². The highest BCUT2D eigenvalue weighted by molar-refractivity contribution is 6.31. The number of aryl methyl sites for hydroxylation is 1. The predicted molar refractivity (Wildman–Crippen MR) is 109 cm³/mol. The van der Waals surface area contributed by atoms with Crippen LogP contribution in [0.2, 0.25) is 0 Å². The lowest BCUT2D eigenvalue weighted by Gasteiger charge is -2.18. The standard InChI is InChI=1S/C22H23FN2O4/c1-13-9-16(23)18(10-19(13)29-21(27)28-12-22(2,3)4)24-11-15-14-7-5-6-8-17(14)25-20(15)26/h5-11,24H,12H2,1-4H3,(H,25,26)/b15-11-. The van der Waals surface area contributed by atoms with Gasteiger partial charge in [-0.1, -0.05) is 39.0 Å². The summed E-state index contributed by atoms with van der Waals surface area (Å²) >= 11 is 0. The number of amides is 1. The van der Waals surface area contributed by atoms with E-state index in [1.54, 1.807) is 19.1 Å². The third-order valence-electron chi connectivity index (χ3n) is 4.16. The van der Waals surface area contributed by atoms with Gasteiger partial charge in [-0.05, 0) is 30.0 Å². The molecule has 1 aliphatic heterocycles. The molecule has 1 heterocycles. The Morgan fingerprint density at radius 2 is 1.97 bits per heavy atom. The normalized spacial score (nSPS) is 14.4. The van der Waals surface area contributed by atoms with Crippen molar-refractivity contribution in [1.29, 1.82) is 0 Å². The van der Waals surface area contributed by atoms with Gasteiger partial charge in [0.25, 0.3) is 5.91 Å². The molecule has 7 heteroatoms. The molecule has 2 aromatic rings. The molecule has 3 rings (SSSR count). The molecule has 0 spiro atoms. The average Bonchev–Trinajstić information content (AvgIpc) is 2.96. The van der Waals surface area contributed by atoms with Crippen LogP contribution in [0, 0.1) is 18.2 Å². The fourth-order valence-electron chi connectivity index (χ4n) is 2.70. The molecule has 2 aromatic carbocycles. The zero-order valence-electron chi connectivity index (χ0n) is 16.8. The zero-order valence-corrected chi connectivity index (χ0v) is 16.8. The van der Waals surface area contributed by atoms with Gasteiger partial charge in [-0.15, -0.1) is 0 Å². The van der Waals surface area contributed by atoms with Crippen molar-refractivity contribution in [1.82, 2.24) is 0 Å². The summed E-state index contributed by atoms with van der Waals surface area (Å²) in [6.45, 7) is 7.60. The maximum Gasteiger partial charge on any atom is 0.513 e. The number of hydrogen-bond acceptors (Lipinski definition) is 5. The SMILES string of the molecule is Cc1cc(F)c(N/C=C2\C(=O)Nc3ccccc32)cc1OC(=O)OCC(C)(C)C. The van der Waals surface area contributed by atoms with E-state index in [4.69, 9.17) is 9.47 Å². The first-order valence-electron chi connectivity index (χ1n) is 9.16. The van der Waals surface area contributed by atoms with Crippen LogP contribution in [0.25, 0.3) is 5.57 Å². The van der Waals surface area contributed by atoms with E-state index in [1.807, 2.05) is 32.9 Å². The van der Waals surface area contributed by atoms with Gasteiger partial charge >= 0.3 is 6.16 Å². The number of carbonyl (C=O) groups excluding carboxylic acids is 2. The second-order valence-electron chi connectivity index (χ2n) is 8.00. The van der Waals surface area contributed by atoms with E-state index in [9.17, 15) is 14.0 Å². The van der Waals surface area contributed by atoms with Crippen LogP contribution in [0.5, 0.6) is 5.75 Å². The molecule has 2 N–H and O–H groups in total. The molecule has 1 aliphatic rings. The lowest BCUT2D eigenvalue weighted by Crippen LogP contribution is -2.20. The number of nitrogens with one attached hydrogen (secondary N) is 2. The Kier molecular flexibility index (Phi) is 5.59. The van der Waals surface area contributed by atoms with Gasteiger partial charge in [0, 0.05) is 23.5 Å². The minimum atomic E-state index is -0.858. The second-order valence-corrected chi connectivity index (χ2v) is 8.00. The number of benzene rings is 2. The molecule has 29 heavy (non-hydrogen) atoms. The molecule has 0 bridgehead atoms. The maximum atomic E-state index is 14.4. The van der Waals surface area contributed by atoms with Crippen molar-refractivity contribution in [3.05, 3.63) is 59.5 Å². The molecule has 1 amide bonds. The summed E-state index contributed by atoms with van der Waals surface area (Å²) in [5, 5.41) is 5.54. The van der Waals surface area contributed by atoms with E-state index < -0.39 is 12.0 Å². The van der Waals surface area contributed by atoms with Crippen LogP contribution in [-0.2, 0) is 9.53 Å². The monoisotopic (exact) mass is 398 g/mol. The van der Waals surface area contributed by atoms with E-state index >= 15 is 0 Å². The highest BCUT2D eigenvalue weighted by atomic mass is 19.1. The van der Waals surface area contributed by atoms with Crippen LogP contribution in [0.3, 0.4) is 0 Å². The first-order valence-corrected chi connectivity index (χ1v) is 9.16. The quantitative estimate of drug-likeness (QED) is 0.426. The molecular formula is C22H23FN2O4. The van der Waals surface area contributed by atoms with Crippen molar-refractivity contribution >= 4 is 29.0 Å². The maximum absolute atomic E-state index is 14.4. The Labute approximate surface area is 168 Å². The number of rotatable bonds is 4. The van der Waals surface area contributed by atoms with Crippen molar-refractivity contribution < 1.29 is 23.5 Å². The van der Waals surface area contributed by atoms with Gasteiger partial charge in [-0.3, -0.25) is 4.79 Å². The van der Waals surface area contributed by atoms with Crippen LogP contribution in [0.1, 0.15) is 31.9 Å². The smallest absolute Gasteiger partial charge is 0.433 e. The molecule has 0 atom stereocenters. The van der Waals surface area contributed by atoms with E-state index in [0.29, 0.717) is 16.8 Å². The second kappa shape index (κ2) is 7.95. The molecule has 152 valence electrons. The summed E-state index contributed by atoms with van der Waals surface area (Å²) in [5.41, 5.74) is 2.11. The summed E-state index contributed by atoms with van der Waals surface area (Å²) in [7, 11) is 0. The van der Waals surface area contributed by atoms with Gasteiger partial charge in [0.15, 0.2) is 0 Å². The van der Waals surface area contributed by atoms with Crippen molar-refractivity contribution in [2.75, 3.05) is 17.2 Å².